The monoisotopic (exact) mass is 951 g/mol. The number of nitrogens with zero attached hydrogens (tertiary/aromatic N) is 2. The molecule has 2 amide bonds. The molecule has 1 fully saturated rings. The van der Waals surface area contributed by atoms with Gasteiger partial charge in [-0.15, -0.1) is 0 Å². The number of halogens is 5. The number of alkyl halides is 3. The van der Waals surface area contributed by atoms with Gasteiger partial charge in [-0.05, 0) is 153 Å². The number of benzene rings is 3. The number of methoxy groups -OCH3 is 1. The molecule has 0 aliphatic heterocycles. The zero-order chi connectivity index (χ0) is 44.9. The van der Waals surface area contributed by atoms with Crippen LogP contribution < -0.4 is 19.7 Å². The third-order valence-electron chi connectivity index (χ3n) is 13.3. The molecule has 14 heteroatoms. The number of hydrogen-bond acceptors (Lipinski definition) is 7. The molecule has 1 aromatic heterocycles. The molecule has 7 rings (SSSR count). The first-order valence-corrected chi connectivity index (χ1v) is 22.9. The average Bonchev–Trinajstić information content (AvgIpc) is 3.54. The summed E-state index contributed by atoms with van der Waals surface area (Å²) in [5, 5.41) is 3.07. The van der Waals surface area contributed by atoms with Crippen LogP contribution in [0.3, 0.4) is 0 Å². The second-order valence-electron chi connectivity index (χ2n) is 17.5. The van der Waals surface area contributed by atoms with Crippen molar-refractivity contribution in [1.82, 2.24) is 10.3 Å². The van der Waals surface area contributed by atoms with E-state index in [1.54, 1.807) is 0 Å². The summed E-state index contributed by atoms with van der Waals surface area (Å²) >= 11 is 9.73. The summed E-state index contributed by atoms with van der Waals surface area (Å²) in [5.41, 5.74) is 2.72. The molecule has 0 unspecified atom stereocenters. The number of pyridine rings is 1. The minimum atomic E-state index is -5.28. The summed E-state index contributed by atoms with van der Waals surface area (Å²) in [7, 11) is 1.13. The molecule has 1 N–H and O–H groups in total. The van der Waals surface area contributed by atoms with Gasteiger partial charge >= 0.3 is 18.1 Å². The number of carbonyl (C=O) groups excluding carboxylic acids is 3. The van der Waals surface area contributed by atoms with Crippen LogP contribution in [0.1, 0.15) is 106 Å². The van der Waals surface area contributed by atoms with Gasteiger partial charge in [-0.25, -0.2) is 4.79 Å². The Balaban J connectivity index is 1.13. The molecule has 3 aliphatic carbocycles. The van der Waals surface area contributed by atoms with E-state index in [-0.39, 0.29) is 47.7 Å². The lowest BCUT2D eigenvalue weighted by Gasteiger charge is -2.51. The number of carbonyl (C=O) groups is 3. The second-order valence-corrected chi connectivity index (χ2v) is 18.8. The number of fused-ring (bicyclic) bond motifs is 3. The summed E-state index contributed by atoms with van der Waals surface area (Å²) in [6.45, 7) is 5.55. The first kappa shape index (κ1) is 46.4. The van der Waals surface area contributed by atoms with Gasteiger partial charge in [0.15, 0.2) is 0 Å². The molecule has 63 heavy (non-hydrogen) atoms. The van der Waals surface area contributed by atoms with E-state index < -0.39 is 29.0 Å². The van der Waals surface area contributed by atoms with Crippen LogP contribution in [0.2, 0.25) is 5.02 Å². The Morgan fingerprint density at radius 1 is 1.02 bits per heavy atom. The van der Waals surface area contributed by atoms with E-state index in [0.717, 1.165) is 65.4 Å². The molecule has 3 atom stereocenters. The zero-order valence-corrected chi connectivity index (χ0v) is 38.2. The van der Waals surface area contributed by atoms with Gasteiger partial charge in [0.1, 0.15) is 17.0 Å². The standard InChI is InChI=1S/C49H54BrClF3N3O6/c1-31(30-63-42-17-22-55-41-13-4-8-32(2)44(41)42)24-35-26-34-15-16-39(62-23-7-14-43(58)56-29-33-9-5-10-36(50)25-33)28-40(34)47(35)18-20-48(21-19-47,46(60)61-3)57(45(59)49(52,53)54)38-12-6-11-37(51)27-38/h5-6,9-12,15-17,22,25,27-28,31-32,35H,4,7-8,13-14,18-21,23-24,26,29-30H2,1-3H3,(H,56,58)/t31-,32-,35+,47?,48?/m1/s1. The van der Waals surface area contributed by atoms with Crippen LogP contribution in [0.4, 0.5) is 18.9 Å². The number of nitrogens with one attached hydrogen (secondary N) is 1. The molecule has 1 heterocycles. The summed E-state index contributed by atoms with van der Waals surface area (Å²) < 4.78 is 62.5. The molecule has 3 aliphatic rings. The minimum absolute atomic E-state index is 0.0362. The van der Waals surface area contributed by atoms with E-state index in [4.69, 9.17) is 25.8 Å². The highest BCUT2D eigenvalue weighted by Gasteiger charge is 2.60. The van der Waals surface area contributed by atoms with Crippen LogP contribution in [0, 0.1) is 11.8 Å². The van der Waals surface area contributed by atoms with Crippen LogP contribution in [0.5, 0.6) is 11.5 Å². The van der Waals surface area contributed by atoms with Crippen LogP contribution in [-0.4, -0.2) is 54.8 Å². The molecular weight excluding hydrogens is 899 g/mol. The largest absolute Gasteiger partial charge is 0.494 e. The highest BCUT2D eigenvalue weighted by atomic mass is 79.9. The van der Waals surface area contributed by atoms with Gasteiger partial charge in [-0.3, -0.25) is 19.5 Å². The number of esters is 1. The highest BCUT2D eigenvalue weighted by molar-refractivity contribution is 9.10. The van der Waals surface area contributed by atoms with Gasteiger partial charge in [0.05, 0.1) is 20.3 Å². The lowest BCUT2D eigenvalue weighted by Crippen LogP contribution is -2.63. The third-order valence-corrected chi connectivity index (χ3v) is 14.1. The first-order chi connectivity index (χ1) is 30.1. The summed E-state index contributed by atoms with van der Waals surface area (Å²) in [6, 6.07) is 21.3. The van der Waals surface area contributed by atoms with Crippen LogP contribution in [0.25, 0.3) is 0 Å². The van der Waals surface area contributed by atoms with Crippen molar-refractivity contribution in [2.75, 3.05) is 25.2 Å². The van der Waals surface area contributed by atoms with Crippen LogP contribution >= 0.6 is 27.5 Å². The number of rotatable bonds is 15. The Labute approximate surface area is 380 Å². The van der Waals surface area contributed by atoms with Crippen molar-refractivity contribution in [1.29, 1.82) is 0 Å². The Morgan fingerprint density at radius 2 is 1.79 bits per heavy atom. The van der Waals surface area contributed by atoms with Gasteiger partial charge < -0.3 is 19.5 Å². The zero-order valence-electron chi connectivity index (χ0n) is 35.9. The van der Waals surface area contributed by atoms with Crippen LogP contribution in [0.15, 0.2) is 83.5 Å². The van der Waals surface area contributed by atoms with Gasteiger partial charge in [0.2, 0.25) is 5.91 Å². The Morgan fingerprint density at radius 3 is 2.52 bits per heavy atom. The van der Waals surface area contributed by atoms with E-state index in [9.17, 15) is 27.6 Å². The molecule has 1 spiro atoms. The Kier molecular flexibility index (Phi) is 14.5. The molecule has 0 radical (unpaired) electrons. The number of ether oxygens (including phenoxy) is 3. The minimum Gasteiger partial charge on any atom is -0.494 e. The maximum Gasteiger partial charge on any atom is 0.471 e. The van der Waals surface area contributed by atoms with Crippen LogP contribution in [-0.2, 0) is 43.9 Å². The van der Waals surface area contributed by atoms with E-state index in [0.29, 0.717) is 62.0 Å². The second kappa shape index (κ2) is 19.6. The van der Waals surface area contributed by atoms with Crippen molar-refractivity contribution in [3.63, 3.8) is 0 Å². The van der Waals surface area contributed by atoms with E-state index in [1.807, 2.05) is 48.7 Å². The van der Waals surface area contributed by atoms with E-state index in [1.165, 1.54) is 29.8 Å². The number of aromatic nitrogens is 1. The van der Waals surface area contributed by atoms with Crippen molar-refractivity contribution in [2.24, 2.45) is 11.8 Å². The molecule has 1 saturated carbocycles. The van der Waals surface area contributed by atoms with Crippen molar-refractivity contribution >= 4 is 51.0 Å². The van der Waals surface area contributed by atoms with E-state index >= 15 is 0 Å². The quantitative estimate of drug-likeness (QED) is 0.0934. The van der Waals surface area contributed by atoms with Crippen molar-refractivity contribution in [3.8, 4) is 11.5 Å². The van der Waals surface area contributed by atoms with Crippen molar-refractivity contribution in [3.05, 3.63) is 116 Å². The Bertz CT molecular complexity index is 2300. The molecule has 4 aromatic rings. The van der Waals surface area contributed by atoms with Gasteiger partial charge in [-0.1, -0.05) is 65.6 Å². The first-order valence-electron chi connectivity index (χ1n) is 21.8. The predicted octanol–water partition coefficient (Wildman–Crippen LogP) is 11.0. The lowest BCUT2D eigenvalue weighted by atomic mass is 9.59. The maximum absolute atomic E-state index is 14.5. The molecule has 9 nitrogen and oxygen atoms in total. The number of anilines is 1. The molecule has 336 valence electrons. The molecular formula is C49H54BrClF3N3O6. The predicted molar refractivity (Wildman–Crippen MR) is 239 cm³/mol. The highest BCUT2D eigenvalue weighted by Crippen LogP contribution is 2.58. The van der Waals surface area contributed by atoms with Crippen molar-refractivity contribution in [2.45, 2.75) is 114 Å². The van der Waals surface area contributed by atoms with E-state index in [2.05, 4.69) is 46.1 Å². The fourth-order valence-electron chi connectivity index (χ4n) is 10.3. The number of hydrogen-bond donors (Lipinski definition) is 1. The topological polar surface area (TPSA) is 107 Å². The molecule has 0 saturated heterocycles. The van der Waals surface area contributed by atoms with Gasteiger partial charge in [0, 0.05) is 45.6 Å². The molecule has 3 aromatic carbocycles. The van der Waals surface area contributed by atoms with Gasteiger partial charge in [-0.2, -0.15) is 13.2 Å². The smallest absolute Gasteiger partial charge is 0.471 e. The number of aryl methyl sites for hydroxylation is 1. The fourth-order valence-corrected chi connectivity index (χ4v) is 10.9. The molecule has 0 bridgehead atoms. The fraction of sp³-hybridized carbons (Fsp3) is 0.469. The number of amides is 2. The lowest BCUT2D eigenvalue weighted by molar-refractivity contribution is -0.174. The SMILES string of the molecule is COC(=O)C1(N(C(=O)C(F)(F)F)c2cccc(Cl)c2)CCC2(CC1)c1cc(OCCCC(=O)NCc3cccc(Br)c3)ccc1C[C@@H]2C[C@@H](C)COc1ccnc2c1[C@H](C)CCC2. The van der Waals surface area contributed by atoms with Crippen molar-refractivity contribution < 1.29 is 41.8 Å². The van der Waals surface area contributed by atoms with Gasteiger partial charge in [0.25, 0.3) is 0 Å². The normalized spacial score (nSPS) is 22.1. The third kappa shape index (κ3) is 10.2. The average molecular weight is 953 g/mol. The Hall–Kier alpha value is -4.62. The maximum atomic E-state index is 14.5. The summed E-state index contributed by atoms with van der Waals surface area (Å²) in [6.07, 6.45) is 2.28. The summed E-state index contributed by atoms with van der Waals surface area (Å²) in [4.78, 5) is 45.3. The summed E-state index contributed by atoms with van der Waals surface area (Å²) in [5.74, 6) is -1.20.